The number of likely N-dealkylation sites (tertiary alicyclic amines) is 1. The molecule has 122 valence electrons. The molecule has 2 fully saturated rings. The molecule has 3 rings (SSSR count). The van der Waals surface area contributed by atoms with Gasteiger partial charge >= 0.3 is 5.97 Å². The van der Waals surface area contributed by atoms with Crippen LogP contribution in [-0.4, -0.2) is 46.8 Å². The number of methoxy groups -OCH3 is 1. The second-order valence-corrected chi connectivity index (χ2v) is 6.53. The van der Waals surface area contributed by atoms with Gasteiger partial charge in [-0.2, -0.15) is 0 Å². The third-order valence-electron chi connectivity index (χ3n) is 5.31. The molecule has 1 aliphatic heterocycles. The Kier molecular flexibility index (Phi) is 4.23. The number of oxazole rings is 1. The molecule has 0 radical (unpaired) electrons. The molecule has 0 unspecified atom stereocenters. The van der Waals surface area contributed by atoms with Crippen LogP contribution >= 0.6 is 0 Å². The van der Waals surface area contributed by atoms with E-state index in [0.29, 0.717) is 24.3 Å². The predicted octanol–water partition coefficient (Wildman–Crippen LogP) is 1.83. The van der Waals surface area contributed by atoms with Gasteiger partial charge < -0.3 is 14.3 Å². The minimum absolute atomic E-state index is 0.208. The maximum atomic E-state index is 11.4. The fourth-order valence-electron chi connectivity index (χ4n) is 4.06. The number of rotatable bonds is 4. The number of fused-ring (bicyclic) bond motifs is 1. The fourth-order valence-corrected chi connectivity index (χ4v) is 4.06. The van der Waals surface area contributed by atoms with Crippen molar-refractivity contribution in [3.8, 4) is 0 Å². The normalized spacial score (nSPS) is 32.0. The smallest absolute Gasteiger partial charge is 0.360 e. The number of carbonyl (C=O) groups excluding carboxylic acids is 1. The number of esters is 1. The second-order valence-electron chi connectivity index (χ2n) is 6.53. The lowest BCUT2D eigenvalue weighted by Crippen LogP contribution is -2.44. The summed E-state index contributed by atoms with van der Waals surface area (Å²) in [5, 5.41) is 10.8. The fraction of sp³-hybridized carbons (Fsp3) is 0.750. The number of ether oxygens (including phenoxy) is 1. The van der Waals surface area contributed by atoms with Gasteiger partial charge in [-0.3, -0.25) is 4.90 Å². The van der Waals surface area contributed by atoms with Gasteiger partial charge in [-0.25, -0.2) is 9.78 Å². The first kappa shape index (κ1) is 15.5. The van der Waals surface area contributed by atoms with Crippen molar-refractivity contribution in [3.05, 3.63) is 17.8 Å². The molecular formula is C16H24N2O4. The Morgan fingerprint density at radius 2 is 2.41 bits per heavy atom. The second kappa shape index (κ2) is 6.01. The molecule has 6 heteroatoms. The average molecular weight is 308 g/mol. The summed E-state index contributed by atoms with van der Waals surface area (Å²) in [6, 6.07) is 0. The topological polar surface area (TPSA) is 75.8 Å². The van der Waals surface area contributed by atoms with Crippen LogP contribution in [0.5, 0.6) is 0 Å². The highest BCUT2D eigenvalue weighted by atomic mass is 16.5. The first-order valence-electron chi connectivity index (χ1n) is 8.03. The van der Waals surface area contributed by atoms with Crippen LogP contribution < -0.4 is 0 Å². The Hall–Kier alpha value is -1.40. The molecular weight excluding hydrogens is 284 g/mol. The standard InChI is InChI=1S/C16H24N2O4/c1-3-16(20)6-4-5-11-7-18(8-12(11)16)9-14-17-13(10-22-14)15(19)21-2/h10-12,20H,3-9H2,1-2H3/t11-,12+,16-/m0/s1. The lowest BCUT2D eigenvalue weighted by atomic mass is 9.69. The number of carbonyl (C=O) groups is 1. The van der Waals surface area contributed by atoms with E-state index in [1.807, 2.05) is 0 Å². The summed E-state index contributed by atoms with van der Waals surface area (Å²) >= 11 is 0. The molecule has 6 nitrogen and oxygen atoms in total. The largest absolute Gasteiger partial charge is 0.464 e. The van der Waals surface area contributed by atoms with Crippen LogP contribution in [0.15, 0.2) is 10.7 Å². The number of nitrogens with zero attached hydrogens (tertiary/aromatic N) is 2. The van der Waals surface area contributed by atoms with E-state index in [4.69, 9.17) is 4.42 Å². The first-order chi connectivity index (χ1) is 10.6. The molecule has 1 N–H and O–H groups in total. The maximum absolute atomic E-state index is 11.4. The van der Waals surface area contributed by atoms with E-state index in [1.165, 1.54) is 19.8 Å². The van der Waals surface area contributed by atoms with Crippen LogP contribution in [0.1, 0.15) is 49.0 Å². The number of hydrogen-bond acceptors (Lipinski definition) is 6. The predicted molar refractivity (Wildman–Crippen MR) is 79.2 cm³/mol. The molecule has 0 spiro atoms. The molecule has 1 aliphatic carbocycles. The highest BCUT2D eigenvalue weighted by Crippen LogP contribution is 2.44. The quantitative estimate of drug-likeness (QED) is 0.855. The van der Waals surface area contributed by atoms with Crippen molar-refractivity contribution in [2.24, 2.45) is 11.8 Å². The van der Waals surface area contributed by atoms with Gasteiger partial charge in [0.05, 0.1) is 19.3 Å². The van der Waals surface area contributed by atoms with Gasteiger partial charge in [-0.05, 0) is 25.2 Å². The van der Waals surface area contributed by atoms with Gasteiger partial charge in [0.2, 0.25) is 5.89 Å². The summed E-state index contributed by atoms with van der Waals surface area (Å²) in [6.07, 6.45) is 5.34. The van der Waals surface area contributed by atoms with E-state index in [9.17, 15) is 9.90 Å². The number of hydrogen-bond donors (Lipinski definition) is 1. The Morgan fingerprint density at radius 3 is 3.14 bits per heavy atom. The van der Waals surface area contributed by atoms with Crippen molar-refractivity contribution in [1.29, 1.82) is 0 Å². The van der Waals surface area contributed by atoms with Crippen LogP contribution in [-0.2, 0) is 11.3 Å². The molecule has 2 heterocycles. The van der Waals surface area contributed by atoms with E-state index < -0.39 is 11.6 Å². The molecule has 1 aromatic heterocycles. The first-order valence-corrected chi connectivity index (χ1v) is 8.03. The van der Waals surface area contributed by atoms with Crippen molar-refractivity contribution >= 4 is 5.97 Å². The van der Waals surface area contributed by atoms with Crippen molar-refractivity contribution in [2.45, 2.75) is 44.8 Å². The lowest BCUT2D eigenvalue weighted by molar-refractivity contribution is -0.0614. The molecule has 22 heavy (non-hydrogen) atoms. The zero-order valence-electron chi connectivity index (χ0n) is 13.2. The molecule has 1 aromatic rings. The number of aliphatic hydroxyl groups is 1. The van der Waals surface area contributed by atoms with E-state index in [1.54, 1.807) is 0 Å². The molecule has 3 atom stereocenters. The molecule has 1 saturated heterocycles. The zero-order valence-corrected chi connectivity index (χ0v) is 13.2. The maximum Gasteiger partial charge on any atom is 0.360 e. The molecule has 2 aliphatic rings. The minimum atomic E-state index is -0.522. The Balaban J connectivity index is 1.65. The molecule has 0 aromatic carbocycles. The van der Waals surface area contributed by atoms with Crippen LogP contribution in [0.2, 0.25) is 0 Å². The van der Waals surface area contributed by atoms with Crippen molar-refractivity contribution in [2.75, 3.05) is 20.2 Å². The Labute approximate surface area is 130 Å². The highest BCUT2D eigenvalue weighted by Gasteiger charge is 2.47. The third kappa shape index (κ3) is 2.77. The Morgan fingerprint density at radius 1 is 1.59 bits per heavy atom. The molecule has 0 amide bonds. The van der Waals surface area contributed by atoms with Crippen LogP contribution in [0.3, 0.4) is 0 Å². The van der Waals surface area contributed by atoms with Crippen LogP contribution in [0, 0.1) is 11.8 Å². The lowest BCUT2D eigenvalue weighted by Gasteiger charge is -2.40. The van der Waals surface area contributed by atoms with Gasteiger partial charge in [0, 0.05) is 19.0 Å². The van der Waals surface area contributed by atoms with Crippen LogP contribution in [0.4, 0.5) is 0 Å². The molecule has 1 saturated carbocycles. The van der Waals surface area contributed by atoms with E-state index in [-0.39, 0.29) is 5.69 Å². The summed E-state index contributed by atoms with van der Waals surface area (Å²) in [5.41, 5.74) is -0.315. The zero-order chi connectivity index (χ0) is 15.7. The van der Waals surface area contributed by atoms with Gasteiger partial charge in [0.1, 0.15) is 6.26 Å². The Bertz CT molecular complexity index is 544. The summed E-state index contributed by atoms with van der Waals surface area (Å²) in [6.45, 7) is 4.47. The summed E-state index contributed by atoms with van der Waals surface area (Å²) in [5.74, 6) is 0.930. The van der Waals surface area contributed by atoms with Gasteiger partial charge in [0.25, 0.3) is 0 Å². The molecule has 0 bridgehead atoms. The summed E-state index contributed by atoms with van der Waals surface area (Å²) in [4.78, 5) is 17.8. The van der Waals surface area contributed by atoms with E-state index in [0.717, 1.165) is 32.4 Å². The minimum Gasteiger partial charge on any atom is -0.464 e. The van der Waals surface area contributed by atoms with Gasteiger partial charge in [0.15, 0.2) is 5.69 Å². The monoisotopic (exact) mass is 308 g/mol. The summed E-state index contributed by atoms with van der Waals surface area (Å²) in [7, 11) is 1.33. The average Bonchev–Trinajstić information content (AvgIpc) is 3.14. The van der Waals surface area contributed by atoms with Crippen molar-refractivity contribution in [3.63, 3.8) is 0 Å². The number of aromatic nitrogens is 1. The van der Waals surface area contributed by atoms with E-state index >= 15 is 0 Å². The summed E-state index contributed by atoms with van der Waals surface area (Å²) < 4.78 is 10.00. The van der Waals surface area contributed by atoms with Crippen molar-refractivity contribution < 1.29 is 19.1 Å². The van der Waals surface area contributed by atoms with Gasteiger partial charge in [-0.15, -0.1) is 0 Å². The van der Waals surface area contributed by atoms with Crippen molar-refractivity contribution in [1.82, 2.24) is 9.88 Å². The SMILES string of the molecule is CC[C@]1(O)CCC[C@H]2CN(Cc3nc(C(=O)OC)co3)C[C@H]21. The van der Waals surface area contributed by atoms with E-state index in [2.05, 4.69) is 21.5 Å². The van der Waals surface area contributed by atoms with Gasteiger partial charge in [-0.1, -0.05) is 13.3 Å². The van der Waals surface area contributed by atoms with Crippen LogP contribution in [0.25, 0.3) is 0 Å². The third-order valence-corrected chi connectivity index (χ3v) is 5.31. The highest BCUT2D eigenvalue weighted by molar-refractivity contribution is 5.86.